The number of likely N-dealkylation sites (N-methyl/N-ethyl adjacent to an activating group) is 1. The fourth-order valence-electron chi connectivity index (χ4n) is 1.09. The number of carbonyl (C=O) groups excluding carboxylic acids is 2. The van der Waals surface area contributed by atoms with Crippen LogP contribution < -0.4 is 10.6 Å². The average molecular weight is 216 g/mol. The van der Waals surface area contributed by atoms with E-state index in [4.69, 9.17) is 0 Å². The zero-order valence-electron chi connectivity index (χ0n) is 10.2. The van der Waals surface area contributed by atoms with Gasteiger partial charge >= 0.3 is 6.09 Å². The first kappa shape index (κ1) is 13.7. The Balaban J connectivity index is 5.04. The van der Waals surface area contributed by atoms with Crippen molar-refractivity contribution in [2.75, 3.05) is 14.2 Å². The predicted octanol–water partition coefficient (Wildman–Crippen LogP) is 0.893. The molecular formula is C10H20N2O3. The van der Waals surface area contributed by atoms with Gasteiger partial charge in [-0.1, -0.05) is 20.8 Å². The molecule has 0 aromatic heterocycles. The summed E-state index contributed by atoms with van der Waals surface area (Å²) >= 11 is 0. The number of hydrogen-bond acceptors (Lipinski definition) is 3. The van der Waals surface area contributed by atoms with Gasteiger partial charge in [0.05, 0.1) is 7.11 Å². The van der Waals surface area contributed by atoms with Crippen molar-refractivity contribution >= 4 is 12.0 Å². The summed E-state index contributed by atoms with van der Waals surface area (Å²) in [5, 5.41) is 5.09. The molecule has 1 atom stereocenters. The third kappa shape index (κ3) is 2.84. The SMILES string of the molecule is CNC(=O)C(C)(NC(=O)OC)C(C)(C)C. The Bertz CT molecular complexity index is 258. The highest BCUT2D eigenvalue weighted by Crippen LogP contribution is 2.30. The molecule has 0 aromatic rings. The predicted molar refractivity (Wildman–Crippen MR) is 57.5 cm³/mol. The van der Waals surface area contributed by atoms with Gasteiger partial charge in [0.2, 0.25) is 5.91 Å². The standard InChI is InChI=1S/C10H20N2O3/c1-9(2,3)10(4,7(13)11-5)12-8(14)15-6/h1-6H3,(H,11,13)(H,12,14). The number of carbonyl (C=O) groups is 2. The lowest BCUT2D eigenvalue weighted by Gasteiger charge is -2.40. The molecule has 0 radical (unpaired) electrons. The molecule has 0 saturated heterocycles. The molecule has 2 N–H and O–H groups in total. The number of methoxy groups -OCH3 is 1. The lowest BCUT2D eigenvalue weighted by molar-refractivity contribution is -0.130. The average Bonchev–Trinajstić information content (AvgIpc) is 2.14. The van der Waals surface area contributed by atoms with E-state index < -0.39 is 17.0 Å². The lowest BCUT2D eigenvalue weighted by Crippen LogP contribution is -2.63. The van der Waals surface area contributed by atoms with Crippen LogP contribution in [0, 0.1) is 5.41 Å². The van der Waals surface area contributed by atoms with Gasteiger partial charge in [0, 0.05) is 7.05 Å². The summed E-state index contributed by atoms with van der Waals surface area (Å²) < 4.78 is 4.51. The molecule has 0 heterocycles. The third-order valence-electron chi connectivity index (χ3n) is 2.72. The Morgan fingerprint density at radius 2 is 1.60 bits per heavy atom. The molecule has 0 fully saturated rings. The van der Waals surface area contributed by atoms with E-state index in [1.54, 1.807) is 6.92 Å². The summed E-state index contributed by atoms with van der Waals surface area (Å²) in [6, 6.07) is 0. The van der Waals surface area contributed by atoms with Crippen molar-refractivity contribution in [3.05, 3.63) is 0 Å². The van der Waals surface area contributed by atoms with Gasteiger partial charge in [-0.2, -0.15) is 0 Å². The highest BCUT2D eigenvalue weighted by atomic mass is 16.5. The zero-order chi connectivity index (χ0) is 12.3. The summed E-state index contributed by atoms with van der Waals surface area (Å²) in [6.45, 7) is 7.29. The maximum atomic E-state index is 11.8. The molecule has 0 rings (SSSR count). The minimum atomic E-state index is -1.01. The minimum absolute atomic E-state index is 0.250. The highest BCUT2D eigenvalue weighted by Gasteiger charge is 2.45. The minimum Gasteiger partial charge on any atom is -0.453 e. The van der Waals surface area contributed by atoms with Crippen molar-refractivity contribution in [2.45, 2.75) is 33.2 Å². The van der Waals surface area contributed by atoms with Crippen molar-refractivity contribution in [1.29, 1.82) is 0 Å². The first-order valence-corrected chi connectivity index (χ1v) is 4.77. The van der Waals surface area contributed by atoms with Gasteiger partial charge < -0.3 is 15.4 Å². The maximum Gasteiger partial charge on any atom is 0.407 e. The van der Waals surface area contributed by atoms with E-state index in [0.29, 0.717) is 0 Å². The molecule has 0 aliphatic heterocycles. The van der Waals surface area contributed by atoms with Crippen LogP contribution in [0.5, 0.6) is 0 Å². The van der Waals surface area contributed by atoms with Crippen LogP contribution in [0.4, 0.5) is 4.79 Å². The number of rotatable bonds is 2. The van der Waals surface area contributed by atoms with Crippen LogP contribution in [-0.2, 0) is 9.53 Å². The van der Waals surface area contributed by atoms with Crippen LogP contribution >= 0.6 is 0 Å². The summed E-state index contributed by atoms with van der Waals surface area (Å²) in [6.07, 6.45) is -0.615. The fraction of sp³-hybridized carbons (Fsp3) is 0.800. The van der Waals surface area contributed by atoms with Crippen LogP contribution in [0.2, 0.25) is 0 Å². The van der Waals surface area contributed by atoms with Gasteiger partial charge in [-0.05, 0) is 12.3 Å². The molecule has 5 heteroatoms. The first-order chi connectivity index (χ1) is 6.69. The molecule has 0 bridgehead atoms. The molecule has 5 nitrogen and oxygen atoms in total. The molecule has 0 aliphatic carbocycles. The van der Waals surface area contributed by atoms with Gasteiger partial charge in [-0.3, -0.25) is 4.79 Å². The molecule has 0 spiro atoms. The number of alkyl carbamates (subject to hydrolysis) is 1. The Hall–Kier alpha value is -1.26. The van der Waals surface area contributed by atoms with Crippen LogP contribution in [-0.4, -0.2) is 31.7 Å². The van der Waals surface area contributed by atoms with Gasteiger partial charge in [0.15, 0.2) is 0 Å². The summed E-state index contributed by atoms with van der Waals surface area (Å²) in [4.78, 5) is 22.9. The monoisotopic (exact) mass is 216 g/mol. The van der Waals surface area contributed by atoms with Crippen LogP contribution in [0.25, 0.3) is 0 Å². The van der Waals surface area contributed by atoms with Crippen LogP contribution in [0.1, 0.15) is 27.7 Å². The molecular weight excluding hydrogens is 196 g/mol. The van der Waals surface area contributed by atoms with E-state index in [0.717, 1.165) is 0 Å². The van der Waals surface area contributed by atoms with E-state index in [2.05, 4.69) is 15.4 Å². The van der Waals surface area contributed by atoms with E-state index in [-0.39, 0.29) is 5.91 Å². The molecule has 0 saturated carbocycles. The molecule has 15 heavy (non-hydrogen) atoms. The van der Waals surface area contributed by atoms with Crippen LogP contribution in [0.15, 0.2) is 0 Å². The van der Waals surface area contributed by atoms with Crippen molar-refractivity contribution in [1.82, 2.24) is 10.6 Å². The van der Waals surface area contributed by atoms with Gasteiger partial charge in [-0.15, -0.1) is 0 Å². The second-order valence-corrected chi connectivity index (χ2v) is 4.57. The Morgan fingerprint density at radius 1 is 1.13 bits per heavy atom. The van der Waals surface area contributed by atoms with Gasteiger partial charge in [-0.25, -0.2) is 4.79 Å². The first-order valence-electron chi connectivity index (χ1n) is 4.77. The van der Waals surface area contributed by atoms with E-state index >= 15 is 0 Å². The molecule has 0 aromatic carbocycles. The van der Waals surface area contributed by atoms with Crippen LogP contribution in [0.3, 0.4) is 0 Å². The summed E-state index contributed by atoms with van der Waals surface area (Å²) in [7, 11) is 2.80. The second-order valence-electron chi connectivity index (χ2n) is 4.57. The Kier molecular flexibility index (Phi) is 4.13. The lowest BCUT2D eigenvalue weighted by atomic mass is 9.74. The van der Waals surface area contributed by atoms with Gasteiger partial charge in [0.1, 0.15) is 5.54 Å². The van der Waals surface area contributed by atoms with E-state index in [1.165, 1.54) is 14.2 Å². The molecule has 0 aliphatic rings. The molecule has 1 unspecified atom stereocenters. The smallest absolute Gasteiger partial charge is 0.407 e. The van der Waals surface area contributed by atoms with E-state index in [1.807, 2.05) is 20.8 Å². The molecule has 2 amide bonds. The third-order valence-corrected chi connectivity index (χ3v) is 2.72. The fourth-order valence-corrected chi connectivity index (χ4v) is 1.09. The number of ether oxygens (including phenoxy) is 1. The van der Waals surface area contributed by atoms with Crippen molar-refractivity contribution < 1.29 is 14.3 Å². The second kappa shape index (κ2) is 4.51. The highest BCUT2D eigenvalue weighted by molar-refractivity contribution is 5.90. The summed E-state index contributed by atoms with van der Waals surface area (Å²) in [5.74, 6) is -0.250. The quantitative estimate of drug-likeness (QED) is 0.720. The van der Waals surface area contributed by atoms with Crippen molar-refractivity contribution in [2.24, 2.45) is 5.41 Å². The van der Waals surface area contributed by atoms with Crippen molar-refractivity contribution in [3.8, 4) is 0 Å². The molecule has 88 valence electrons. The van der Waals surface area contributed by atoms with E-state index in [9.17, 15) is 9.59 Å². The number of hydrogen-bond donors (Lipinski definition) is 2. The Morgan fingerprint density at radius 3 is 1.87 bits per heavy atom. The van der Waals surface area contributed by atoms with Gasteiger partial charge in [0.25, 0.3) is 0 Å². The Labute approximate surface area is 90.6 Å². The maximum absolute atomic E-state index is 11.8. The number of amides is 2. The normalized spacial score (nSPS) is 15.1. The summed E-state index contributed by atoms with van der Waals surface area (Å²) in [5.41, 5.74) is -1.42. The zero-order valence-corrected chi connectivity index (χ0v) is 10.2. The van der Waals surface area contributed by atoms with Crippen molar-refractivity contribution in [3.63, 3.8) is 0 Å². The number of nitrogens with one attached hydrogen (secondary N) is 2. The topological polar surface area (TPSA) is 67.4 Å². The largest absolute Gasteiger partial charge is 0.453 e.